The van der Waals surface area contributed by atoms with Gasteiger partial charge in [-0.2, -0.15) is 10.2 Å². The zero-order valence-corrected chi connectivity index (χ0v) is 13.5. The lowest BCUT2D eigenvalue weighted by Gasteiger charge is -2.21. The Kier molecular flexibility index (Phi) is 3.66. The number of aromatic nitrogens is 6. The number of H-pyrrole nitrogens is 1. The molecule has 4 N–H and O–H groups in total. The summed E-state index contributed by atoms with van der Waals surface area (Å²) in [6.45, 7) is 4.42. The van der Waals surface area contributed by atoms with Crippen LogP contribution in [0, 0.1) is 6.92 Å². The van der Waals surface area contributed by atoms with Crippen molar-refractivity contribution < 1.29 is 9.18 Å². The van der Waals surface area contributed by atoms with Crippen molar-refractivity contribution >= 4 is 28.6 Å². The monoisotopic (exact) mass is 332 g/mol. The molecule has 0 radical (unpaired) electrons. The average Bonchev–Trinajstić information content (AvgIpc) is 3.12. The maximum Gasteiger partial charge on any atom is 0.278 e. The van der Waals surface area contributed by atoms with Crippen LogP contribution < -0.4 is 11.1 Å². The molecule has 3 rings (SSSR count). The fourth-order valence-electron chi connectivity index (χ4n) is 2.27. The lowest BCUT2D eigenvalue weighted by atomic mass is 10.1. The molecule has 0 fully saturated rings. The molecule has 3 heterocycles. The molecule has 0 aliphatic carbocycles. The number of nitrogens with one attached hydrogen (secondary N) is 2. The maximum atomic E-state index is 13.4. The summed E-state index contributed by atoms with van der Waals surface area (Å²) in [6, 6.07) is 1.67. The number of fused-ring (bicyclic) bond motifs is 1. The van der Waals surface area contributed by atoms with E-state index < -0.39 is 18.1 Å². The Bertz CT molecular complexity index is 913. The molecule has 0 aliphatic heterocycles. The Hall–Kier alpha value is -3.04. The molecule has 3 aromatic heterocycles. The van der Waals surface area contributed by atoms with Crippen LogP contribution in [0.5, 0.6) is 0 Å². The minimum atomic E-state index is -0.986. The molecule has 0 saturated carbocycles. The first kappa shape index (κ1) is 15.8. The first-order valence-electron chi connectivity index (χ1n) is 7.22. The number of halogens is 1. The number of amides is 1. The lowest BCUT2D eigenvalue weighted by molar-refractivity contribution is 0.102. The number of nitrogens with two attached hydrogens (primary N) is 1. The van der Waals surface area contributed by atoms with Crippen LogP contribution in [0.15, 0.2) is 12.4 Å². The van der Waals surface area contributed by atoms with Crippen LogP contribution in [0.2, 0.25) is 0 Å². The summed E-state index contributed by atoms with van der Waals surface area (Å²) >= 11 is 0. The van der Waals surface area contributed by atoms with Crippen LogP contribution in [-0.4, -0.2) is 42.5 Å². The maximum absolute atomic E-state index is 13.4. The molecule has 24 heavy (non-hydrogen) atoms. The lowest BCUT2D eigenvalue weighted by Crippen LogP contribution is -2.30. The largest absolute Gasteiger partial charge is 0.383 e. The second-order valence-electron chi connectivity index (χ2n) is 6.05. The molecule has 0 saturated heterocycles. The van der Waals surface area contributed by atoms with E-state index in [-0.39, 0.29) is 16.9 Å². The fourth-order valence-corrected chi connectivity index (χ4v) is 2.27. The smallest absolute Gasteiger partial charge is 0.278 e. The van der Waals surface area contributed by atoms with Gasteiger partial charge in [0.05, 0.1) is 10.9 Å². The SMILES string of the molecule is Cc1cc(NC(=O)c2nn(C(C)(C)CF)c3ncnc(N)c23)n[nH]1. The molecular weight excluding hydrogens is 315 g/mol. The van der Waals surface area contributed by atoms with Crippen LogP contribution in [0.25, 0.3) is 11.0 Å². The summed E-state index contributed by atoms with van der Waals surface area (Å²) in [4.78, 5) is 20.6. The molecule has 0 atom stereocenters. The molecule has 10 heteroatoms. The molecule has 0 aliphatic rings. The molecule has 0 spiro atoms. The van der Waals surface area contributed by atoms with E-state index in [0.29, 0.717) is 11.5 Å². The first-order chi connectivity index (χ1) is 11.3. The number of anilines is 2. The van der Waals surface area contributed by atoms with E-state index in [1.54, 1.807) is 19.9 Å². The highest BCUT2D eigenvalue weighted by molar-refractivity contribution is 6.12. The molecule has 0 unspecified atom stereocenters. The van der Waals surface area contributed by atoms with Crippen LogP contribution in [0.3, 0.4) is 0 Å². The van der Waals surface area contributed by atoms with Crippen LogP contribution in [0.4, 0.5) is 16.0 Å². The predicted octanol–water partition coefficient (Wildman–Crippen LogP) is 1.40. The average molecular weight is 332 g/mol. The van der Waals surface area contributed by atoms with Gasteiger partial charge in [0.2, 0.25) is 0 Å². The van der Waals surface area contributed by atoms with Crippen molar-refractivity contribution in [1.29, 1.82) is 0 Å². The third-order valence-corrected chi connectivity index (χ3v) is 3.56. The topological polar surface area (TPSA) is 127 Å². The van der Waals surface area contributed by atoms with Crippen LogP contribution in [0.1, 0.15) is 30.0 Å². The van der Waals surface area contributed by atoms with Gasteiger partial charge in [0.1, 0.15) is 18.8 Å². The highest BCUT2D eigenvalue weighted by Gasteiger charge is 2.29. The number of nitrogens with zero attached hydrogens (tertiary/aromatic N) is 5. The van der Waals surface area contributed by atoms with E-state index in [4.69, 9.17) is 5.73 Å². The van der Waals surface area contributed by atoms with Gasteiger partial charge in [-0.3, -0.25) is 9.89 Å². The van der Waals surface area contributed by atoms with Crippen molar-refractivity contribution in [2.24, 2.45) is 0 Å². The van der Waals surface area contributed by atoms with Gasteiger partial charge in [-0.05, 0) is 20.8 Å². The number of hydrogen-bond acceptors (Lipinski definition) is 6. The summed E-state index contributed by atoms with van der Waals surface area (Å²) in [7, 11) is 0. The highest BCUT2D eigenvalue weighted by Crippen LogP contribution is 2.27. The minimum absolute atomic E-state index is 0.0188. The third kappa shape index (κ3) is 2.55. The summed E-state index contributed by atoms with van der Waals surface area (Å²) in [5, 5.41) is 13.8. The van der Waals surface area contributed by atoms with Crippen molar-refractivity contribution in [3.63, 3.8) is 0 Å². The van der Waals surface area contributed by atoms with E-state index in [1.165, 1.54) is 11.0 Å². The molecule has 9 nitrogen and oxygen atoms in total. The number of aromatic amines is 1. The van der Waals surface area contributed by atoms with Crippen molar-refractivity contribution in [3.8, 4) is 0 Å². The summed E-state index contributed by atoms with van der Waals surface area (Å²) < 4.78 is 14.7. The Morgan fingerprint density at radius 3 is 2.83 bits per heavy atom. The van der Waals surface area contributed by atoms with Gasteiger partial charge >= 0.3 is 0 Å². The van der Waals surface area contributed by atoms with Gasteiger partial charge in [0, 0.05) is 11.8 Å². The summed E-state index contributed by atoms with van der Waals surface area (Å²) in [5.41, 5.74) is 6.02. The van der Waals surface area contributed by atoms with E-state index in [9.17, 15) is 9.18 Å². The Labute approximate surface area is 136 Å². The van der Waals surface area contributed by atoms with Gasteiger partial charge in [-0.15, -0.1) is 0 Å². The number of rotatable bonds is 4. The third-order valence-electron chi connectivity index (χ3n) is 3.56. The number of nitrogen functional groups attached to an aromatic ring is 1. The highest BCUT2D eigenvalue weighted by atomic mass is 19.1. The van der Waals surface area contributed by atoms with E-state index in [1.807, 2.05) is 6.92 Å². The molecule has 1 amide bonds. The molecule has 126 valence electrons. The number of alkyl halides is 1. The molecule has 0 bridgehead atoms. The van der Waals surface area contributed by atoms with E-state index in [0.717, 1.165) is 5.69 Å². The van der Waals surface area contributed by atoms with Gasteiger partial charge < -0.3 is 11.1 Å². The Balaban J connectivity index is 2.12. The Morgan fingerprint density at radius 1 is 1.46 bits per heavy atom. The second-order valence-corrected chi connectivity index (χ2v) is 6.05. The zero-order valence-electron chi connectivity index (χ0n) is 13.5. The van der Waals surface area contributed by atoms with Crippen LogP contribution in [-0.2, 0) is 5.54 Å². The normalized spacial score (nSPS) is 11.8. The van der Waals surface area contributed by atoms with Crippen molar-refractivity contribution in [3.05, 3.63) is 23.8 Å². The summed E-state index contributed by atoms with van der Waals surface area (Å²) in [5.74, 6) is -0.0777. The predicted molar refractivity (Wildman–Crippen MR) is 86.3 cm³/mol. The van der Waals surface area contributed by atoms with E-state index in [2.05, 4.69) is 30.6 Å². The minimum Gasteiger partial charge on any atom is -0.383 e. The molecular formula is C14H17FN8O. The number of carbonyl (C=O) groups is 1. The molecule has 3 aromatic rings. The van der Waals surface area contributed by atoms with Gasteiger partial charge in [-0.1, -0.05) is 0 Å². The van der Waals surface area contributed by atoms with Crippen molar-refractivity contribution in [2.75, 3.05) is 17.7 Å². The second kappa shape index (κ2) is 5.55. The van der Waals surface area contributed by atoms with Gasteiger partial charge in [0.25, 0.3) is 5.91 Å². The quantitative estimate of drug-likeness (QED) is 0.662. The van der Waals surface area contributed by atoms with E-state index >= 15 is 0 Å². The first-order valence-corrected chi connectivity index (χ1v) is 7.22. The summed E-state index contributed by atoms with van der Waals surface area (Å²) in [6.07, 6.45) is 1.25. The molecule has 0 aromatic carbocycles. The van der Waals surface area contributed by atoms with Crippen molar-refractivity contribution in [1.82, 2.24) is 29.9 Å². The van der Waals surface area contributed by atoms with Gasteiger partial charge in [0.15, 0.2) is 17.2 Å². The Morgan fingerprint density at radius 2 is 2.21 bits per heavy atom. The van der Waals surface area contributed by atoms with Crippen LogP contribution >= 0.6 is 0 Å². The zero-order chi connectivity index (χ0) is 17.5. The number of hydrogen-bond donors (Lipinski definition) is 3. The van der Waals surface area contributed by atoms with Crippen molar-refractivity contribution in [2.45, 2.75) is 26.3 Å². The van der Waals surface area contributed by atoms with Gasteiger partial charge in [-0.25, -0.2) is 19.0 Å². The number of carbonyl (C=O) groups excluding carboxylic acids is 1. The standard InChI is InChI=1S/C14H17FN8O/c1-7-4-8(21-20-7)19-13(24)10-9-11(16)17-6-18-12(9)23(22-10)14(2,3)5-15/h4,6H,5H2,1-3H3,(H2,16,17,18)(H2,19,20,21,24). The number of aryl methyl sites for hydroxylation is 1. The fraction of sp³-hybridized carbons (Fsp3) is 0.357.